The Hall–Kier alpha value is -0.240. The standard InChI is InChI=1S/C12H13BrF3NOS/c13-10-3-1-9(2-4-10)11(12(14,15)16)19-17-5-7-18-8-6-17/h1-4,11H,5-8H2/t11-/m0/s1. The first-order valence-electron chi connectivity index (χ1n) is 5.78. The molecule has 19 heavy (non-hydrogen) atoms. The van der Waals surface area contributed by atoms with E-state index in [-0.39, 0.29) is 5.56 Å². The molecule has 1 fully saturated rings. The van der Waals surface area contributed by atoms with Crippen LogP contribution in [0.2, 0.25) is 0 Å². The van der Waals surface area contributed by atoms with Crippen molar-refractivity contribution in [1.82, 2.24) is 4.31 Å². The molecule has 0 aromatic heterocycles. The maximum atomic E-state index is 13.2. The zero-order valence-electron chi connectivity index (χ0n) is 9.99. The minimum absolute atomic E-state index is 0.271. The maximum absolute atomic E-state index is 13.2. The number of benzene rings is 1. The molecule has 0 spiro atoms. The van der Waals surface area contributed by atoms with Gasteiger partial charge in [0.15, 0.2) is 0 Å². The molecule has 0 unspecified atom stereocenters. The van der Waals surface area contributed by atoms with Gasteiger partial charge in [0.25, 0.3) is 0 Å². The summed E-state index contributed by atoms with van der Waals surface area (Å²) < 4.78 is 47.2. The third kappa shape index (κ3) is 4.37. The van der Waals surface area contributed by atoms with Crippen molar-refractivity contribution in [3.8, 4) is 0 Å². The molecule has 0 saturated carbocycles. The minimum Gasteiger partial charge on any atom is -0.379 e. The molecule has 2 nitrogen and oxygen atoms in total. The fourth-order valence-corrected chi connectivity index (χ4v) is 3.07. The number of rotatable bonds is 3. The predicted octanol–water partition coefficient (Wildman–Crippen LogP) is 4.03. The first-order valence-corrected chi connectivity index (χ1v) is 7.41. The van der Waals surface area contributed by atoms with Crippen LogP contribution < -0.4 is 0 Å². The molecule has 1 aliphatic heterocycles. The molecule has 1 saturated heterocycles. The molecular weight excluding hydrogens is 343 g/mol. The molecule has 1 heterocycles. The van der Waals surface area contributed by atoms with E-state index in [0.29, 0.717) is 26.3 Å². The molecule has 1 aromatic carbocycles. The number of ether oxygens (including phenoxy) is 1. The third-order valence-corrected chi connectivity index (χ3v) is 4.64. The van der Waals surface area contributed by atoms with E-state index in [9.17, 15) is 13.2 Å². The number of nitrogens with zero attached hydrogens (tertiary/aromatic N) is 1. The molecule has 1 aromatic rings. The number of halogens is 4. The van der Waals surface area contributed by atoms with E-state index in [2.05, 4.69) is 15.9 Å². The van der Waals surface area contributed by atoms with Gasteiger partial charge in [0, 0.05) is 17.6 Å². The highest BCUT2D eigenvalue weighted by molar-refractivity contribution is 9.10. The summed E-state index contributed by atoms with van der Waals surface area (Å²) in [4.78, 5) is 0. The first kappa shape index (κ1) is 15.2. The fourth-order valence-electron chi connectivity index (χ4n) is 1.75. The fraction of sp³-hybridized carbons (Fsp3) is 0.500. The smallest absolute Gasteiger partial charge is 0.379 e. The van der Waals surface area contributed by atoms with Gasteiger partial charge in [0.2, 0.25) is 0 Å². The molecule has 0 bridgehead atoms. The highest BCUT2D eigenvalue weighted by atomic mass is 79.9. The minimum atomic E-state index is -4.27. The van der Waals surface area contributed by atoms with Crippen LogP contribution >= 0.6 is 27.9 Å². The lowest BCUT2D eigenvalue weighted by Gasteiger charge is -2.30. The second kappa shape index (κ2) is 6.47. The largest absolute Gasteiger partial charge is 0.405 e. The monoisotopic (exact) mass is 355 g/mol. The Morgan fingerprint density at radius 1 is 1.16 bits per heavy atom. The average molecular weight is 356 g/mol. The normalized spacial score (nSPS) is 19.4. The van der Waals surface area contributed by atoms with Gasteiger partial charge in [-0.1, -0.05) is 40.0 Å². The van der Waals surface area contributed by atoms with Crippen molar-refractivity contribution < 1.29 is 17.9 Å². The van der Waals surface area contributed by atoms with Gasteiger partial charge < -0.3 is 4.74 Å². The molecule has 0 aliphatic carbocycles. The summed E-state index contributed by atoms with van der Waals surface area (Å²) in [6.45, 7) is 2.01. The lowest BCUT2D eigenvalue weighted by atomic mass is 10.1. The Bertz CT molecular complexity index is 406. The highest BCUT2D eigenvalue weighted by Crippen LogP contribution is 2.45. The molecule has 1 atom stereocenters. The molecule has 0 amide bonds. The molecule has 7 heteroatoms. The van der Waals surface area contributed by atoms with Crippen LogP contribution in [0, 0.1) is 0 Å². The SMILES string of the molecule is FC(F)(F)[C@@H](SN1CCOCC1)c1ccc(Br)cc1. The Labute approximate surface area is 122 Å². The zero-order valence-corrected chi connectivity index (χ0v) is 12.4. The van der Waals surface area contributed by atoms with Gasteiger partial charge in [0.05, 0.1) is 13.2 Å². The van der Waals surface area contributed by atoms with E-state index < -0.39 is 11.4 Å². The van der Waals surface area contributed by atoms with Crippen molar-refractivity contribution in [2.45, 2.75) is 11.4 Å². The van der Waals surface area contributed by atoms with Gasteiger partial charge in [-0.2, -0.15) is 13.2 Å². The van der Waals surface area contributed by atoms with Crippen LogP contribution in [0.15, 0.2) is 28.7 Å². The number of morpholine rings is 1. The average Bonchev–Trinajstić information content (AvgIpc) is 2.37. The third-order valence-electron chi connectivity index (χ3n) is 2.69. The number of hydrogen-bond acceptors (Lipinski definition) is 3. The maximum Gasteiger partial charge on any atom is 0.405 e. The Morgan fingerprint density at radius 2 is 1.74 bits per heavy atom. The van der Waals surface area contributed by atoms with Crippen molar-refractivity contribution >= 4 is 27.9 Å². The van der Waals surface area contributed by atoms with Gasteiger partial charge in [-0.3, -0.25) is 0 Å². The number of hydrogen-bond donors (Lipinski definition) is 0. The lowest BCUT2D eigenvalue weighted by Crippen LogP contribution is -2.33. The van der Waals surface area contributed by atoms with Crippen LogP contribution in [-0.2, 0) is 4.74 Å². The van der Waals surface area contributed by atoms with E-state index in [0.717, 1.165) is 16.4 Å². The lowest BCUT2D eigenvalue weighted by molar-refractivity contribution is -0.130. The Kier molecular flexibility index (Phi) is 5.16. The van der Waals surface area contributed by atoms with Crippen LogP contribution in [0.5, 0.6) is 0 Å². The molecule has 0 N–H and O–H groups in total. The summed E-state index contributed by atoms with van der Waals surface area (Å²) in [5.74, 6) is 0. The predicted molar refractivity (Wildman–Crippen MR) is 72.9 cm³/mol. The van der Waals surface area contributed by atoms with Crippen LogP contribution in [0.1, 0.15) is 10.8 Å². The Morgan fingerprint density at radius 3 is 2.26 bits per heavy atom. The zero-order chi connectivity index (χ0) is 13.9. The van der Waals surface area contributed by atoms with E-state index in [1.807, 2.05) is 0 Å². The van der Waals surface area contributed by atoms with E-state index in [1.54, 1.807) is 16.4 Å². The van der Waals surface area contributed by atoms with Crippen LogP contribution in [0.25, 0.3) is 0 Å². The van der Waals surface area contributed by atoms with Gasteiger partial charge in [-0.25, -0.2) is 4.31 Å². The molecule has 0 radical (unpaired) electrons. The molecule has 106 valence electrons. The van der Waals surface area contributed by atoms with Crippen molar-refractivity contribution in [1.29, 1.82) is 0 Å². The van der Waals surface area contributed by atoms with Gasteiger partial charge in [-0.05, 0) is 17.7 Å². The van der Waals surface area contributed by atoms with Crippen molar-refractivity contribution in [2.75, 3.05) is 26.3 Å². The Balaban J connectivity index is 2.13. The summed E-state index contributed by atoms with van der Waals surface area (Å²) in [6.07, 6.45) is -4.27. The number of alkyl halides is 3. The molecule has 2 rings (SSSR count). The summed E-state index contributed by atoms with van der Waals surface area (Å²) in [5, 5.41) is -1.53. The van der Waals surface area contributed by atoms with Crippen molar-refractivity contribution in [2.24, 2.45) is 0 Å². The summed E-state index contributed by atoms with van der Waals surface area (Å²) >= 11 is 4.07. The van der Waals surface area contributed by atoms with Crippen LogP contribution in [-0.4, -0.2) is 36.8 Å². The van der Waals surface area contributed by atoms with Crippen LogP contribution in [0.3, 0.4) is 0 Å². The van der Waals surface area contributed by atoms with E-state index in [1.165, 1.54) is 12.1 Å². The van der Waals surface area contributed by atoms with Crippen molar-refractivity contribution in [3.63, 3.8) is 0 Å². The molecular formula is C12H13BrF3NOS. The first-order chi connectivity index (χ1) is 8.97. The summed E-state index contributed by atoms with van der Waals surface area (Å²) in [6, 6.07) is 6.28. The van der Waals surface area contributed by atoms with Crippen molar-refractivity contribution in [3.05, 3.63) is 34.3 Å². The van der Waals surface area contributed by atoms with Gasteiger partial charge in [0.1, 0.15) is 5.25 Å². The summed E-state index contributed by atoms with van der Waals surface area (Å²) in [5.41, 5.74) is 0.271. The van der Waals surface area contributed by atoms with E-state index >= 15 is 0 Å². The van der Waals surface area contributed by atoms with Crippen LogP contribution in [0.4, 0.5) is 13.2 Å². The van der Waals surface area contributed by atoms with Gasteiger partial charge in [-0.15, -0.1) is 0 Å². The second-order valence-electron chi connectivity index (χ2n) is 4.12. The van der Waals surface area contributed by atoms with Gasteiger partial charge >= 0.3 is 6.18 Å². The summed E-state index contributed by atoms with van der Waals surface area (Å²) in [7, 11) is 0. The second-order valence-corrected chi connectivity index (χ2v) is 6.23. The topological polar surface area (TPSA) is 12.5 Å². The quantitative estimate of drug-likeness (QED) is 0.759. The highest BCUT2D eigenvalue weighted by Gasteiger charge is 2.42. The van der Waals surface area contributed by atoms with E-state index in [4.69, 9.17) is 4.74 Å². The molecule has 1 aliphatic rings.